The molecular weight excluding hydrogens is 353 g/mol. The van der Waals surface area contributed by atoms with Crippen LogP contribution in [0.15, 0.2) is 53.7 Å². The Morgan fingerprint density at radius 3 is 2.67 bits per heavy atom. The number of hydrogen-bond donors (Lipinski definition) is 2. The topological polar surface area (TPSA) is 53.6 Å². The van der Waals surface area contributed by atoms with Gasteiger partial charge in [0.25, 0.3) is 0 Å². The van der Waals surface area contributed by atoms with E-state index in [-0.39, 0.29) is 5.71 Å². The van der Waals surface area contributed by atoms with Crippen LogP contribution < -0.4 is 11.1 Å². The summed E-state index contributed by atoms with van der Waals surface area (Å²) in [4.78, 5) is 6.71. The molecule has 1 aromatic carbocycles. The number of alkyl halides is 3. The van der Waals surface area contributed by atoms with Crippen molar-refractivity contribution in [2.45, 2.75) is 24.9 Å². The van der Waals surface area contributed by atoms with Crippen molar-refractivity contribution in [3.8, 4) is 0 Å². The maximum atomic E-state index is 12.6. The van der Waals surface area contributed by atoms with E-state index in [1.807, 2.05) is 19.2 Å². The van der Waals surface area contributed by atoms with Gasteiger partial charge in [0.1, 0.15) is 5.70 Å². The Balaban J connectivity index is 2.10. The second kappa shape index (κ2) is 9.71. The summed E-state index contributed by atoms with van der Waals surface area (Å²) in [7, 11) is 1.95. The molecular formula is C20H27F3N4. The second-order valence-electron chi connectivity index (χ2n) is 6.65. The molecule has 0 aliphatic carbocycles. The van der Waals surface area contributed by atoms with Crippen molar-refractivity contribution in [2.24, 2.45) is 10.7 Å². The SMILES string of the molecule is C=CC(/C=C(\N)C(F)(F)F)=Nc1cccc(C2CCN(CCNC)CC2)c1. The number of piperidine rings is 1. The molecule has 1 aromatic rings. The molecule has 2 rings (SSSR count). The van der Waals surface area contributed by atoms with E-state index in [1.165, 1.54) is 11.6 Å². The normalized spacial score (nSPS) is 17.9. The molecule has 0 unspecified atom stereocenters. The van der Waals surface area contributed by atoms with Gasteiger partial charge in [0.15, 0.2) is 0 Å². The van der Waals surface area contributed by atoms with Gasteiger partial charge < -0.3 is 16.0 Å². The van der Waals surface area contributed by atoms with Crippen molar-refractivity contribution in [3.63, 3.8) is 0 Å². The first-order valence-corrected chi connectivity index (χ1v) is 9.06. The maximum Gasteiger partial charge on any atom is 0.430 e. The zero-order chi connectivity index (χ0) is 19.9. The molecule has 1 saturated heterocycles. The van der Waals surface area contributed by atoms with Gasteiger partial charge in [-0.1, -0.05) is 18.7 Å². The Hall–Kier alpha value is -2.12. The fourth-order valence-electron chi connectivity index (χ4n) is 3.14. The number of nitrogens with two attached hydrogens (primary N) is 1. The van der Waals surface area contributed by atoms with Gasteiger partial charge in [0, 0.05) is 13.1 Å². The molecule has 0 spiro atoms. The van der Waals surface area contributed by atoms with Crippen molar-refractivity contribution in [1.29, 1.82) is 0 Å². The Morgan fingerprint density at radius 1 is 1.37 bits per heavy atom. The molecule has 3 N–H and O–H groups in total. The molecule has 27 heavy (non-hydrogen) atoms. The van der Waals surface area contributed by atoms with Gasteiger partial charge in [-0.15, -0.1) is 0 Å². The van der Waals surface area contributed by atoms with Crippen LogP contribution in [0.2, 0.25) is 0 Å². The summed E-state index contributed by atoms with van der Waals surface area (Å²) in [5.41, 5.74) is 5.74. The lowest BCUT2D eigenvalue weighted by molar-refractivity contribution is -0.0925. The Labute approximate surface area is 158 Å². The number of hydrogen-bond acceptors (Lipinski definition) is 4. The summed E-state index contributed by atoms with van der Waals surface area (Å²) in [5.74, 6) is 0.439. The monoisotopic (exact) mass is 380 g/mol. The Bertz CT molecular complexity index is 687. The number of nitrogens with one attached hydrogen (secondary N) is 1. The molecule has 0 radical (unpaired) electrons. The third kappa shape index (κ3) is 6.52. The van der Waals surface area contributed by atoms with E-state index in [0.29, 0.717) is 11.6 Å². The quantitative estimate of drug-likeness (QED) is 0.709. The minimum atomic E-state index is -4.58. The first-order chi connectivity index (χ1) is 12.8. The molecule has 1 aliphatic rings. The Kier molecular flexibility index (Phi) is 7.62. The molecule has 1 heterocycles. The average Bonchev–Trinajstić information content (AvgIpc) is 2.65. The Morgan fingerprint density at radius 2 is 2.07 bits per heavy atom. The molecule has 4 nitrogen and oxygen atoms in total. The number of halogens is 3. The number of likely N-dealkylation sites (N-methyl/N-ethyl adjacent to an activating group) is 1. The zero-order valence-electron chi connectivity index (χ0n) is 15.6. The fourth-order valence-corrected chi connectivity index (χ4v) is 3.14. The van der Waals surface area contributed by atoms with Crippen molar-refractivity contribution in [1.82, 2.24) is 10.2 Å². The van der Waals surface area contributed by atoms with Gasteiger partial charge in [0.2, 0.25) is 0 Å². The van der Waals surface area contributed by atoms with Crippen molar-refractivity contribution in [2.75, 3.05) is 33.2 Å². The molecule has 7 heteroatoms. The number of allylic oxidation sites excluding steroid dienone is 3. The van der Waals surface area contributed by atoms with Crippen LogP contribution in [0.3, 0.4) is 0 Å². The summed E-state index contributed by atoms with van der Waals surface area (Å²) < 4.78 is 37.8. The van der Waals surface area contributed by atoms with Crippen LogP contribution in [-0.4, -0.2) is 50.0 Å². The highest BCUT2D eigenvalue weighted by Crippen LogP contribution is 2.30. The first kappa shape index (κ1) is 21.2. The highest BCUT2D eigenvalue weighted by Gasteiger charge is 2.31. The molecule has 0 saturated carbocycles. The number of benzene rings is 1. The fraction of sp³-hybridized carbons (Fsp3) is 0.450. The van der Waals surface area contributed by atoms with Gasteiger partial charge in [-0.25, -0.2) is 4.99 Å². The molecule has 1 fully saturated rings. The molecule has 0 bridgehead atoms. The van der Waals surface area contributed by atoms with Crippen LogP contribution in [0.25, 0.3) is 0 Å². The highest BCUT2D eigenvalue weighted by atomic mass is 19.4. The maximum absolute atomic E-state index is 12.6. The lowest BCUT2D eigenvalue weighted by Gasteiger charge is -2.32. The van der Waals surface area contributed by atoms with Gasteiger partial charge >= 0.3 is 6.18 Å². The summed E-state index contributed by atoms with van der Waals surface area (Å²) in [5, 5.41) is 3.16. The number of nitrogens with zero attached hydrogens (tertiary/aromatic N) is 2. The summed E-state index contributed by atoms with van der Waals surface area (Å²) >= 11 is 0. The molecule has 0 atom stereocenters. The highest BCUT2D eigenvalue weighted by molar-refractivity contribution is 6.05. The minimum Gasteiger partial charge on any atom is -0.395 e. The second-order valence-corrected chi connectivity index (χ2v) is 6.65. The van der Waals surface area contributed by atoms with E-state index in [9.17, 15) is 13.2 Å². The van der Waals surface area contributed by atoms with Crippen molar-refractivity contribution < 1.29 is 13.2 Å². The van der Waals surface area contributed by atoms with Crippen LogP contribution in [0.5, 0.6) is 0 Å². The summed E-state index contributed by atoms with van der Waals surface area (Å²) in [6.45, 7) is 7.64. The molecule has 148 valence electrons. The van der Waals surface area contributed by atoms with E-state index < -0.39 is 11.9 Å². The largest absolute Gasteiger partial charge is 0.430 e. The van der Waals surface area contributed by atoms with Crippen LogP contribution in [0.4, 0.5) is 18.9 Å². The van der Waals surface area contributed by atoms with E-state index in [2.05, 4.69) is 27.9 Å². The smallest absolute Gasteiger partial charge is 0.395 e. The van der Waals surface area contributed by atoms with E-state index in [4.69, 9.17) is 5.73 Å². The lowest BCUT2D eigenvalue weighted by Crippen LogP contribution is -2.37. The number of likely N-dealkylation sites (tertiary alicyclic amines) is 1. The minimum absolute atomic E-state index is 0.0869. The molecule has 0 aromatic heterocycles. The van der Waals surface area contributed by atoms with Crippen LogP contribution in [0, 0.1) is 0 Å². The lowest BCUT2D eigenvalue weighted by atomic mass is 9.89. The zero-order valence-corrected chi connectivity index (χ0v) is 15.6. The number of rotatable bonds is 7. The van der Waals surface area contributed by atoms with Crippen molar-refractivity contribution >= 4 is 11.4 Å². The summed E-state index contributed by atoms with van der Waals surface area (Å²) in [6, 6.07) is 7.65. The van der Waals surface area contributed by atoms with Crippen LogP contribution >= 0.6 is 0 Å². The standard InChI is InChI=1S/C20H27F3N4/c1-3-17(14-19(24)20(21,22)23)26-18-6-4-5-16(13-18)15-7-10-27(11-8-15)12-9-25-2/h3-6,13-15,25H,1,7-12,24H2,2H3/b19-14-,26-17?. The predicted molar refractivity (Wildman–Crippen MR) is 104 cm³/mol. The predicted octanol–water partition coefficient (Wildman–Crippen LogP) is 3.75. The molecule has 1 aliphatic heterocycles. The van der Waals surface area contributed by atoms with Crippen molar-refractivity contribution in [3.05, 3.63) is 54.3 Å². The first-order valence-electron chi connectivity index (χ1n) is 9.06. The van der Waals surface area contributed by atoms with Crippen LogP contribution in [0.1, 0.15) is 24.3 Å². The van der Waals surface area contributed by atoms with E-state index in [0.717, 1.165) is 45.1 Å². The van der Waals surface area contributed by atoms with Crippen LogP contribution in [-0.2, 0) is 0 Å². The van der Waals surface area contributed by atoms with Gasteiger partial charge in [-0.05, 0) is 68.7 Å². The summed E-state index contributed by atoms with van der Waals surface area (Å²) in [6.07, 6.45) is -0.378. The average molecular weight is 380 g/mol. The van der Waals surface area contributed by atoms with E-state index >= 15 is 0 Å². The van der Waals surface area contributed by atoms with Gasteiger partial charge in [0.05, 0.1) is 11.4 Å². The third-order valence-corrected chi connectivity index (χ3v) is 4.71. The van der Waals surface area contributed by atoms with Gasteiger partial charge in [-0.3, -0.25) is 0 Å². The van der Waals surface area contributed by atoms with E-state index in [1.54, 1.807) is 6.07 Å². The van der Waals surface area contributed by atoms with Gasteiger partial charge in [-0.2, -0.15) is 13.2 Å². The number of aliphatic imine (C=N–C) groups is 1. The third-order valence-electron chi connectivity index (χ3n) is 4.71. The molecule has 0 amide bonds.